The number of carbonyl (C=O) groups excluding carboxylic acids is 1. The summed E-state index contributed by atoms with van der Waals surface area (Å²) in [5, 5.41) is 46.7. The van der Waals surface area contributed by atoms with E-state index in [0.29, 0.717) is 0 Å². The van der Waals surface area contributed by atoms with Crippen LogP contribution in [0.5, 0.6) is 0 Å². The van der Waals surface area contributed by atoms with E-state index in [4.69, 9.17) is 5.73 Å². The van der Waals surface area contributed by atoms with Crippen LogP contribution in [0.4, 0.5) is 0 Å². The Hall–Kier alpha value is -0.770. The van der Waals surface area contributed by atoms with Gasteiger partial charge in [0.1, 0.15) is 30.5 Å². The van der Waals surface area contributed by atoms with Gasteiger partial charge in [0, 0.05) is 0 Å². The number of nitrogens with two attached hydrogens (primary N) is 1. The molecule has 1 fully saturated rings. The summed E-state index contributed by atoms with van der Waals surface area (Å²) < 4.78 is 4.56. The highest BCUT2D eigenvalue weighted by atomic mass is 16.6. The minimum absolute atomic E-state index is 0.468. The van der Waals surface area contributed by atoms with Crippen molar-refractivity contribution in [3.8, 4) is 0 Å². The summed E-state index contributed by atoms with van der Waals surface area (Å²) in [5.74, 6) is -0.904. The number of carbonyl (C=O) groups is 1. The van der Waals surface area contributed by atoms with Gasteiger partial charge in [0.2, 0.25) is 0 Å². The molecule has 8 heteroatoms. The molecule has 16 heavy (non-hydrogen) atoms. The number of esters is 1. The first-order valence-corrected chi connectivity index (χ1v) is 4.70. The van der Waals surface area contributed by atoms with E-state index < -0.39 is 49.1 Å². The maximum atomic E-state index is 10.9. The van der Waals surface area contributed by atoms with E-state index in [1.54, 1.807) is 0 Å². The van der Waals surface area contributed by atoms with Crippen molar-refractivity contribution in [3.05, 3.63) is 0 Å². The van der Waals surface area contributed by atoms with E-state index in [2.05, 4.69) is 4.74 Å². The van der Waals surface area contributed by atoms with Gasteiger partial charge in [0.25, 0.3) is 0 Å². The summed E-state index contributed by atoms with van der Waals surface area (Å²) >= 11 is 0. The molecule has 0 aromatic heterocycles. The lowest BCUT2D eigenvalue weighted by Crippen LogP contribution is -2.64. The van der Waals surface area contributed by atoms with Crippen LogP contribution in [0.2, 0.25) is 0 Å². The fraction of sp³-hybridized carbons (Fsp3) is 0.875. The average Bonchev–Trinajstić information content (AvgIpc) is 2.29. The molecule has 1 saturated carbocycles. The summed E-state index contributed by atoms with van der Waals surface area (Å²) in [6.07, 6.45) is -10.0. The Bertz CT molecular complexity index is 245. The minimum Gasteiger partial charge on any atom is -0.456 e. The molecule has 0 aromatic rings. The Morgan fingerprint density at radius 3 is 1.69 bits per heavy atom. The van der Waals surface area contributed by atoms with Crippen LogP contribution in [0.1, 0.15) is 0 Å². The molecule has 0 amide bonds. The number of ether oxygens (including phenoxy) is 1. The fourth-order valence-electron chi connectivity index (χ4n) is 1.54. The molecule has 4 unspecified atom stereocenters. The molecule has 8 nitrogen and oxygen atoms in total. The Labute approximate surface area is 90.9 Å². The number of hydrogen-bond acceptors (Lipinski definition) is 8. The number of aliphatic hydroxyl groups is 5. The predicted octanol–water partition coefficient (Wildman–Crippen LogP) is -4.32. The average molecular weight is 237 g/mol. The van der Waals surface area contributed by atoms with Gasteiger partial charge in [-0.15, -0.1) is 0 Å². The summed E-state index contributed by atoms with van der Waals surface area (Å²) in [6.45, 7) is -0.468. The van der Waals surface area contributed by atoms with E-state index >= 15 is 0 Å². The SMILES string of the molecule is NCC(=O)OC1C(O)C(O)C(O)C(O)C1O. The molecule has 94 valence electrons. The lowest BCUT2D eigenvalue weighted by Gasteiger charge is -2.40. The first kappa shape index (κ1) is 13.3. The van der Waals surface area contributed by atoms with Gasteiger partial charge >= 0.3 is 5.97 Å². The van der Waals surface area contributed by atoms with Crippen LogP contribution >= 0.6 is 0 Å². The van der Waals surface area contributed by atoms with Gasteiger partial charge in [-0.25, -0.2) is 0 Å². The molecule has 4 atom stereocenters. The molecule has 0 aliphatic heterocycles. The predicted molar refractivity (Wildman–Crippen MR) is 49.0 cm³/mol. The van der Waals surface area contributed by atoms with Crippen LogP contribution < -0.4 is 5.73 Å². The second kappa shape index (κ2) is 5.04. The van der Waals surface area contributed by atoms with Crippen LogP contribution in [0.15, 0.2) is 0 Å². The van der Waals surface area contributed by atoms with Crippen molar-refractivity contribution in [1.29, 1.82) is 0 Å². The normalized spacial score (nSPS) is 44.1. The summed E-state index contributed by atoms with van der Waals surface area (Å²) in [5.41, 5.74) is 4.96. The van der Waals surface area contributed by atoms with E-state index in [1.807, 2.05) is 0 Å². The molecule has 0 aromatic carbocycles. The maximum Gasteiger partial charge on any atom is 0.320 e. The highest BCUT2D eigenvalue weighted by Crippen LogP contribution is 2.23. The van der Waals surface area contributed by atoms with Crippen molar-refractivity contribution in [3.63, 3.8) is 0 Å². The number of rotatable bonds is 2. The third-order valence-electron chi connectivity index (χ3n) is 2.51. The monoisotopic (exact) mass is 237 g/mol. The van der Waals surface area contributed by atoms with Crippen LogP contribution in [0.3, 0.4) is 0 Å². The molecule has 0 radical (unpaired) electrons. The fourth-order valence-corrected chi connectivity index (χ4v) is 1.54. The van der Waals surface area contributed by atoms with E-state index in [9.17, 15) is 30.3 Å². The smallest absolute Gasteiger partial charge is 0.320 e. The van der Waals surface area contributed by atoms with Crippen LogP contribution in [-0.4, -0.2) is 74.7 Å². The quantitative estimate of drug-likeness (QED) is 0.263. The Balaban J connectivity index is 2.78. The van der Waals surface area contributed by atoms with Gasteiger partial charge in [0.15, 0.2) is 6.10 Å². The van der Waals surface area contributed by atoms with Crippen LogP contribution in [0.25, 0.3) is 0 Å². The van der Waals surface area contributed by atoms with E-state index in [0.717, 1.165) is 0 Å². The van der Waals surface area contributed by atoms with Crippen molar-refractivity contribution >= 4 is 5.97 Å². The van der Waals surface area contributed by atoms with Crippen molar-refractivity contribution in [2.45, 2.75) is 36.6 Å². The molecule has 0 heterocycles. The molecular formula is C8H15NO7. The van der Waals surface area contributed by atoms with Gasteiger partial charge in [-0.3, -0.25) is 4.79 Å². The molecule has 1 aliphatic carbocycles. The third-order valence-corrected chi connectivity index (χ3v) is 2.51. The highest BCUT2D eigenvalue weighted by Gasteiger charge is 2.50. The van der Waals surface area contributed by atoms with Gasteiger partial charge in [-0.1, -0.05) is 0 Å². The summed E-state index contributed by atoms with van der Waals surface area (Å²) in [6, 6.07) is 0. The van der Waals surface area contributed by atoms with Crippen molar-refractivity contribution < 1.29 is 35.1 Å². The van der Waals surface area contributed by atoms with E-state index in [1.165, 1.54) is 0 Å². The first-order chi connectivity index (χ1) is 7.40. The standard InChI is InChI=1S/C8H15NO7/c9-1-2(10)16-8-6(14)4(12)3(11)5(13)7(8)15/h3-8,11-15H,1,9H2. The van der Waals surface area contributed by atoms with Crippen molar-refractivity contribution in [2.24, 2.45) is 5.73 Å². The topological polar surface area (TPSA) is 153 Å². The zero-order valence-corrected chi connectivity index (χ0v) is 8.30. The van der Waals surface area contributed by atoms with Gasteiger partial charge < -0.3 is 36.0 Å². The Kier molecular flexibility index (Phi) is 4.19. The highest BCUT2D eigenvalue weighted by molar-refractivity contribution is 5.71. The second-order valence-corrected chi connectivity index (χ2v) is 3.61. The summed E-state index contributed by atoms with van der Waals surface area (Å²) in [4.78, 5) is 10.9. The largest absolute Gasteiger partial charge is 0.456 e. The van der Waals surface area contributed by atoms with Gasteiger partial charge in [-0.2, -0.15) is 0 Å². The molecular weight excluding hydrogens is 222 g/mol. The number of aliphatic hydroxyl groups excluding tert-OH is 5. The molecule has 7 N–H and O–H groups in total. The zero-order valence-electron chi connectivity index (χ0n) is 8.30. The molecule has 1 rings (SSSR count). The zero-order chi connectivity index (χ0) is 12.5. The minimum atomic E-state index is -1.71. The maximum absolute atomic E-state index is 10.9. The Morgan fingerprint density at radius 1 is 0.938 bits per heavy atom. The third kappa shape index (κ3) is 2.32. The van der Waals surface area contributed by atoms with Crippen molar-refractivity contribution in [2.75, 3.05) is 6.54 Å². The molecule has 1 aliphatic rings. The summed E-state index contributed by atoms with van der Waals surface area (Å²) in [7, 11) is 0. The lowest BCUT2D eigenvalue weighted by molar-refractivity contribution is -0.233. The second-order valence-electron chi connectivity index (χ2n) is 3.61. The van der Waals surface area contributed by atoms with Gasteiger partial charge in [0.05, 0.1) is 6.54 Å². The first-order valence-electron chi connectivity index (χ1n) is 4.70. The molecule has 0 saturated heterocycles. The van der Waals surface area contributed by atoms with Gasteiger partial charge in [-0.05, 0) is 0 Å². The van der Waals surface area contributed by atoms with Crippen LogP contribution in [-0.2, 0) is 9.53 Å². The van der Waals surface area contributed by atoms with E-state index in [-0.39, 0.29) is 0 Å². The molecule has 0 spiro atoms. The van der Waals surface area contributed by atoms with Crippen molar-refractivity contribution in [1.82, 2.24) is 0 Å². The number of hydrogen-bond donors (Lipinski definition) is 6. The molecule has 0 bridgehead atoms. The van der Waals surface area contributed by atoms with Crippen LogP contribution in [0, 0.1) is 0 Å². The lowest BCUT2D eigenvalue weighted by atomic mass is 9.85. The Morgan fingerprint density at radius 2 is 1.31 bits per heavy atom.